The van der Waals surface area contributed by atoms with Gasteiger partial charge in [0, 0.05) is 45.2 Å². The molecule has 0 aliphatic carbocycles. The lowest BCUT2D eigenvalue weighted by molar-refractivity contribution is 0.0128. The maximum Gasteiger partial charge on any atom is 0.152 e. The predicted molar refractivity (Wildman–Crippen MR) is 157 cm³/mol. The molecular weight excluding hydrogens is 460 g/mol. The molecule has 1 aromatic carbocycles. The van der Waals surface area contributed by atoms with Crippen LogP contribution in [0.2, 0.25) is 0 Å². The summed E-state index contributed by atoms with van der Waals surface area (Å²) in [7, 11) is 4.41. The van der Waals surface area contributed by atoms with E-state index in [9.17, 15) is 0 Å². The van der Waals surface area contributed by atoms with E-state index < -0.39 is 0 Å². The van der Waals surface area contributed by atoms with Gasteiger partial charge in [-0.05, 0) is 51.9 Å². The van der Waals surface area contributed by atoms with Gasteiger partial charge >= 0.3 is 0 Å². The van der Waals surface area contributed by atoms with Crippen molar-refractivity contribution in [1.82, 2.24) is 9.80 Å². The third-order valence-corrected chi connectivity index (χ3v) is 7.54. The number of hydrogen-bond donors (Lipinski definition) is 0. The number of unbranched alkanes of at least 4 members (excludes halogenated alkanes) is 10. The summed E-state index contributed by atoms with van der Waals surface area (Å²) >= 11 is 0. The Kier molecular flexibility index (Phi) is 17.8. The van der Waals surface area contributed by atoms with Crippen molar-refractivity contribution in [3.63, 3.8) is 0 Å². The van der Waals surface area contributed by atoms with Gasteiger partial charge in [-0.2, -0.15) is 0 Å². The minimum Gasteiger partial charge on any atom is -0.475 e. The largest absolute Gasteiger partial charge is 0.475 e. The van der Waals surface area contributed by atoms with Gasteiger partial charge in [0.25, 0.3) is 0 Å². The van der Waals surface area contributed by atoms with Crippen LogP contribution in [-0.2, 0) is 4.74 Å². The van der Waals surface area contributed by atoms with Gasteiger partial charge in [0.05, 0.1) is 0 Å². The van der Waals surface area contributed by atoms with Gasteiger partial charge in [0.15, 0.2) is 12.5 Å². The van der Waals surface area contributed by atoms with Crippen molar-refractivity contribution in [3.05, 3.63) is 24.3 Å². The summed E-state index contributed by atoms with van der Waals surface area (Å²) < 4.78 is 19.1. The summed E-state index contributed by atoms with van der Waals surface area (Å²) in [6.45, 7) is 8.28. The van der Waals surface area contributed by atoms with Gasteiger partial charge in [-0.15, -0.1) is 0 Å². The Morgan fingerprint density at radius 2 is 1.08 bits per heavy atom. The average molecular weight is 519 g/mol. The molecule has 1 aliphatic heterocycles. The first-order valence-electron chi connectivity index (χ1n) is 15.6. The van der Waals surface area contributed by atoms with E-state index in [1.807, 2.05) is 0 Å². The second-order valence-electron chi connectivity index (χ2n) is 11.0. The molecule has 37 heavy (non-hydrogen) atoms. The number of fused-ring (bicyclic) bond motifs is 2. The summed E-state index contributed by atoms with van der Waals surface area (Å²) in [4.78, 5) is 4.77. The van der Waals surface area contributed by atoms with Crippen molar-refractivity contribution in [2.75, 3.05) is 40.4 Å². The third-order valence-electron chi connectivity index (χ3n) is 7.54. The molecule has 2 atom stereocenters. The van der Waals surface area contributed by atoms with E-state index in [0.29, 0.717) is 0 Å². The molecule has 0 fully saturated rings. The van der Waals surface area contributed by atoms with Crippen LogP contribution in [0.1, 0.15) is 117 Å². The van der Waals surface area contributed by atoms with Crippen LogP contribution in [0.15, 0.2) is 24.3 Å². The Bertz CT molecular complexity index is 620. The Morgan fingerprint density at radius 1 is 0.649 bits per heavy atom. The molecule has 1 aromatic rings. The molecule has 0 radical (unpaired) electrons. The van der Waals surface area contributed by atoms with Crippen LogP contribution in [0.25, 0.3) is 0 Å². The molecule has 2 rings (SSSR count). The maximum atomic E-state index is 6.54. The number of benzene rings is 1. The summed E-state index contributed by atoms with van der Waals surface area (Å²) in [6, 6.07) is 8.28. The van der Waals surface area contributed by atoms with E-state index in [4.69, 9.17) is 14.2 Å². The Morgan fingerprint density at radius 3 is 1.54 bits per heavy atom. The monoisotopic (exact) mass is 518 g/mol. The second-order valence-corrected chi connectivity index (χ2v) is 11.0. The highest BCUT2D eigenvalue weighted by Gasteiger charge is 2.20. The van der Waals surface area contributed by atoms with Crippen molar-refractivity contribution < 1.29 is 14.2 Å². The normalized spacial score (nSPS) is 19.4. The second kappa shape index (κ2) is 20.6. The van der Waals surface area contributed by atoms with Crippen LogP contribution in [0.5, 0.6) is 11.5 Å². The molecule has 0 amide bonds. The van der Waals surface area contributed by atoms with E-state index in [2.05, 4.69) is 62.0 Å². The number of nitrogens with zero attached hydrogens (tertiary/aromatic N) is 2. The first-order chi connectivity index (χ1) is 18.1. The van der Waals surface area contributed by atoms with Gasteiger partial charge in [0.2, 0.25) is 0 Å². The van der Waals surface area contributed by atoms with Crippen molar-refractivity contribution in [2.24, 2.45) is 0 Å². The fraction of sp³-hybridized carbons (Fsp3) is 0.812. The minimum absolute atomic E-state index is 0.0589. The fourth-order valence-corrected chi connectivity index (χ4v) is 5.07. The average Bonchev–Trinajstić information content (AvgIpc) is 2.90. The molecule has 2 unspecified atom stereocenters. The minimum atomic E-state index is 0.0589. The molecule has 5 heteroatoms. The molecule has 0 saturated heterocycles. The quantitative estimate of drug-likeness (QED) is 0.206. The highest BCUT2D eigenvalue weighted by molar-refractivity contribution is 5.33. The Hall–Kier alpha value is -1.30. The lowest BCUT2D eigenvalue weighted by atomic mass is 10.1. The zero-order valence-corrected chi connectivity index (χ0v) is 24.7. The van der Waals surface area contributed by atoms with Crippen LogP contribution in [0.4, 0.5) is 0 Å². The van der Waals surface area contributed by atoms with Crippen LogP contribution >= 0.6 is 0 Å². The van der Waals surface area contributed by atoms with Crippen molar-refractivity contribution >= 4 is 0 Å². The highest BCUT2D eigenvalue weighted by Crippen LogP contribution is 2.25. The summed E-state index contributed by atoms with van der Waals surface area (Å²) in [5.74, 6) is 1.79. The SMILES string of the molecule is CCCCCCCCN(C)C1CCCOCCCC(N(C)CCCCCCCC)Oc2cccc(c2)O1. The molecule has 0 aromatic heterocycles. The van der Waals surface area contributed by atoms with Gasteiger partial charge in [0.1, 0.15) is 11.5 Å². The summed E-state index contributed by atoms with van der Waals surface area (Å²) in [5, 5.41) is 0. The zero-order chi connectivity index (χ0) is 26.6. The molecule has 1 aliphatic rings. The molecule has 1 heterocycles. The lowest BCUT2D eigenvalue weighted by Crippen LogP contribution is -2.38. The standard InChI is InChI=1S/C32H58N2O3/c1-5-7-9-11-13-15-24-33(3)31-22-18-26-35-27-19-23-32(34(4)25-16-14-12-10-8-6-2)37-30-21-17-20-29(28-30)36-31/h17,20-21,28,31-32H,5-16,18-19,22-27H2,1-4H3. The summed E-state index contributed by atoms with van der Waals surface area (Å²) in [6.07, 6.45) is 19.9. The smallest absolute Gasteiger partial charge is 0.152 e. The predicted octanol–water partition coefficient (Wildman–Crippen LogP) is 8.27. The molecule has 2 bridgehead atoms. The van der Waals surface area contributed by atoms with E-state index in [-0.39, 0.29) is 12.5 Å². The van der Waals surface area contributed by atoms with Crippen molar-refractivity contribution in [1.29, 1.82) is 0 Å². The van der Waals surface area contributed by atoms with Crippen LogP contribution in [0.3, 0.4) is 0 Å². The van der Waals surface area contributed by atoms with Gasteiger partial charge in [-0.25, -0.2) is 0 Å². The molecule has 0 N–H and O–H groups in total. The first kappa shape index (κ1) is 31.9. The number of hydrogen-bond acceptors (Lipinski definition) is 5. The van der Waals surface area contributed by atoms with Gasteiger partial charge in [-0.3, -0.25) is 9.80 Å². The maximum absolute atomic E-state index is 6.54. The van der Waals surface area contributed by atoms with Crippen molar-refractivity contribution in [2.45, 2.75) is 129 Å². The van der Waals surface area contributed by atoms with Crippen molar-refractivity contribution in [3.8, 4) is 11.5 Å². The fourth-order valence-electron chi connectivity index (χ4n) is 5.07. The summed E-state index contributed by atoms with van der Waals surface area (Å²) in [5.41, 5.74) is 0. The molecule has 0 spiro atoms. The third kappa shape index (κ3) is 14.4. The zero-order valence-electron chi connectivity index (χ0n) is 24.7. The number of ether oxygens (including phenoxy) is 3. The van der Waals surface area contributed by atoms with E-state index in [0.717, 1.165) is 63.5 Å². The van der Waals surface area contributed by atoms with E-state index >= 15 is 0 Å². The van der Waals surface area contributed by atoms with E-state index in [1.165, 1.54) is 77.0 Å². The van der Waals surface area contributed by atoms with Gasteiger partial charge < -0.3 is 14.2 Å². The molecule has 0 saturated carbocycles. The highest BCUT2D eigenvalue weighted by atomic mass is 16.5. The Balaban J connectivity index is 1.94. The number of rotatable bonds is 16. The topological polar surface area (TPSA) is 34.2 Å². The molecule has 5 nitrogen and oxygen atoms in total. The van der Waals surface area contributed by atoms with E-state index in [1.54, 1.807) is 0 Å². The molecule has 214 valence electrons. The van der Waals surface area contributed by atoms with Crippen LogP contribution in [0, 0.1) is 0 Å². The molecular formula is C32H58N2O3. The Labute approximate surface area is 229 Å². The van der Waals surface area contributed by atoms with Crippen LogP contribution in [-0.4, -0.2) is 62.7 Å². The lowest BCUT2D eigenvalue weighted by Gasteiger charge is -2.31. The van der Waals surface area contributed by atoms with Crippen LogP contribution < -0.4 is 9.47 Å². The van der Waals surface area contributed by atoms with Gasteiger partial charge in [-0.1, -0.05) is 84.1 Å². The first-order valence-corrected chi connectivity index (χ1v) is 15.6.